The highest BCUT2D eigenvalue weighted by Gasteiger charge is 2.07. The van der Waals surface area contributed by atoms with Crippen LogP contribution in [-0.4, -0.2) is 20.5 Å². The zero-order valence-electron chi connectivity index (χ0n) is 9.84. The second kappa shape index (κ2) is 5.72. The third-order valence-electron chi connectivity index (χ3n) is 2.53. The van der Waals surface area contributed by atoms with Crippen molar-refractivity contribution in [1.82, 2.24) is 14.8 Å². The van der Waals surface area contributed by atoms with E-state index in [-0.39, 0.29) is 0 Å². The van der Waals surface area contributed by atoms with Crippen LogP contribution in [0, 0.1) is 0 Å². The lowest BCUT2D eigenvalue weighted by molar-refractivity contribution is 0.689. The minimum atomic E-state index is 0.495. The van der Waals surface area contributed by atoms with Gasteiger partial charge >= 0.3 is 0 Å². The first-order valence-corrected chi connectivity index (χ1v) is 6.65. The van der Waals surface area contributed by atoms with E-state index in [1.54, 1.807) is 11.8 Å². The molecule has 0 saturated heterocycles. The lowest BCUT2D eigenvalue weighted by Crippen LogP contribution is -2.02. The molecule has 2 aromatic rings. The molecule has 1 aromatic carbocycles. The van der Waals surface area contributed by atoms with E-state index in [1.807, 2.05) is 17.6 Å². The van der Waals surface area contributed by atoms with Gasteiger partial charge in [-0.1, -0.05) is 42.1 Å². The van der Waals surface area contributed by atoms with Crippen LogP contribution in [0.5, 0.6) is 0 Å². The van der Waals surface area contributed by atoms with Crippen molar-refractivity contribution in [2.24, 2.45) is 0 Å². The number of hydrogen-bond acceptors (Lipinski definition) is 4. The molecule has 4 nitrogen and oxygen atoms in total. The topological polar surface area (TPSA) is 56.7 Å². The number of rotatable bonds is 5. The molecule has 5 heteroatoms. The number of aromatic nitrogens is 3. The van der Waals surface area contributed by atoms with Crippen molar-refractivity contribution in [3.8, 4) is 0 Å². The molecule has 0 aliphatic heterocycles. The first-order chi connectivity index (χ1) is 8.31. The number of nitrogen functional groups attached to an aromatic ring is 1. The summed E-state index contributed by atoms with van der Waals surface area (Å²) in [5.74, 6) is 1.48. The van der Waals surface area contributed by atoms with Crippen molar-refractivity contribution < 1.29 is 0 Å². The number of thioether (sulfide) groups is 1. The van der Waals surface area contributed by atoms with Gasteiger partial charge in [-0.05, 0) is 18.9 Å². The molecule has 0 saturated carbocycles. The van der Waals surface area contributed by atoms with Crippen molar-refractivity contribution in [3.05, 3.63) is 35.9 Å². The van der Waals surface area contributed by atoms with E-state index in [1.165, 1.54) is 5.56 Å². The molecule has 0 unspecified atom stereocenters. The first kappa shape index (κ1) is 12.0. The van der Waals surface area contributed by atoms with Gasteiger partial charge in [0.25, 0.3) is 0 Å². The fraction of sp³-hybridized carbons (Fsp3) is 0.333. The lowest BCUT2D eigenvalue weighted by atomic mass is 10.2. The smallest absolute Gasteiger partial charge is 0.222 e. The van der Waals surface area contributed by atoms with Gasteiger partial charge in [-0.25, -0.2) is 0 Å². The first-order valence-electron chi connectivity index (χ1n) is 5.66. The van der Waals surface area contributed by atoms with Gasteiger partial charge in [0.05, 0.1) is 0 Å². The molecule has 0 atom stereocenters. The molecular weight excluding hydrogens is 232 g/mol. The SMILES string of the molecule is CCn1c(N)nnc1SCCc1ccccc1. The number of anilines is 1. The average Bonchev–Trinajstić information content (AvgIpc) is 2.71. The molecule has 0 aliphatic rings. The Balaban J connectivity index is 1.90. The number of hydrogen-bond donors (Lipinski definition) is 1. The van der Waals surface area contributed by atoms with Crippen LogP contribution < -0.4 is 5.73 Å². The van der Waals surface area contributed by atoms with E-state index in [4.69, 9.17) is 5.73 Å². The molecule has 0 aliphatic carbocycles. The third kappa shape index (κ3) is 3.00. The second-order valence-electron chi connectivity index (χ2n) is 3.67. The molecule has 1 aromatic heterocycles. The molecule has 0 radical (unpaired) electrons. The summed E-state index contributed by atoms with van der Waals surface area (Å²) in [6.07, 6.45) is 1.03. The normalized spacial score (nSPS) is 10.6. The second-order valence-corrected chi connectivity index (χ2v) is 4.73. The van der Waals surface area contributed by atoms with Gasteiger partial charge in [-0.3, -0.25) is 4.57 Å². The van der Waals surface area contributed by atoms with Crippen molar-refractivity contribution in [3.63, 3.8) is 0 Å². The van der Waals surface area contributed by atoms with Gasteiger partial charge in [-0.15, -0.1) is 10.2 Å². The Hall–Kier alpha value is -1.49. The Labute approximate surface area is 105 Å². The van der Waals surface area contributed by atoms with E-state index >= 15 is 0 Å². The van der Waals surface area contributed by atoms with Crippen molar-refractivity contribution in [2.75, 3.05) is 11.5 Å². The van der Waals surface area contributed by atoms with E-state index in [9.17, 15) is 0 Å². The molecule has 90 valence electrons. The Morgan fingerprint density at radius 2 is 2.00 bits per heavy atom. The Morgan fingerprint density at radius 3 is 2.71 bits per heavy atom. The highest BCUT2D eigenvalue weighted by atomic mass is 32.2. The van der Waals surface area contributed by atoms with Crippen LogP contribution in [0.3, 0.4) is 0 Å². The maximum absolute atomic E-state index is 5.71. The summed E-state index contributed by atoms with van der Waals surface area (Å²) in [6, 6.07) is 10.4. The van der Waals surface area contributed by atoms with E-state index in [0.29, 0.717) is 5.95 Å². The predicted octanol–water partition coefficient (Wildman–Crippen LogP) is 2.21. The molecular formula is C12H16N4S. The maximum Gasteiger partial charge on any atom is 0.222 e. The van der Waals surface area contributed by atoms with Gasteiger partial charge in [-0.2, -0.15) is 0 Å². The highest BCUT2D eigenvalue weighted by molar-refractivity contribution is 7.99. The summed E-state index contributed by atoms with van der Waals surface area (Å²) in [5.41, 5.74) is 7.05. The van der Waals surface area contributed by atoms with Crippen molar-refractivity contribution in [2.45, 2.75) is 25.0 Å². The third-order valence-corrected chi connectivity index (χ3v) is 3.49. The van der Waals surface area contributed by atoms with Crippen LogP contribution >= 0.6 is 11.8 Å². The zero-order valence-corrected chi connectivity index (χ0v) is 10.7. The van der Waals surface area contributed by atoms with Crippen LogP contribution in [0.25, 0.3) is 0 Å². The summed E-state index contributed by atoms with van der Waals surface area (Å²) in [7, 11) is 0. The van der Waals surface area contributed by atoms with Crippen LogP contribution in [0.2, 0.25) is 0 Å². The summed E-state index contributed by atoms with van der Waals surface area (Å²) in [4.78, 5) is 0. The fourth-order valence-electron chi connectivity index (χ4n) is 1.61. The molecule has 0 amide bonds. The molecule has 17 heavy (non-hydrogen) atoms. The van der Waals surface area contributed by atoms with Crippen LogP contribution in [0.1, 0.15) is 12.5 Å². The van der Waals surface area contributed by atoms with E-state index < -0.39 is 0 Å². The van der Waals surface area contributed by atoms with Crippen LogP contribution in [0.4, 0.5) is 5.95 Å². The molecule has 2 N–H and O–H groups in total. The quantitative estimate of drug-likeness (QED) is 0.824. The number of nitrogens with zero attached hydrogens (tertiary/aromatic N) is 3. The molecule has 1 heterocycles. The maximum atomic E-state index is 5.71. The zero-order chi connectivity index (χ0) is 12.1. The molecule has 2 rings (SSSR count). The van der Waals surface area contributed by atoms with E-state index in [2.05, 4.69) is 34.5 Å². The monoisotopic (exact) mass is 248 g/mol. The summed E-state index contributed by atoms with van der Waals surface area (Å²) in [6.45, 7) is 2.85. The average molecular weight is 248 g/mol. The summed E-state index contributed by atoms with van der Waals surface area (Å²) in [5, 5.41) is 8.86. The van der Waals surface area contributed by atoms with Gasteiger partial charge in [0.15, 0.2) is 5.16 Å². The fourth-order valence-corrected chi connectivity index (χ4v) is 2.61. The highest BCUT2D eigenvalue weighted by Crippen LogP contribution is 2.19. The van der Waals surface area contributed by atoms with Gasteiger partial charge < -0.3 is 5.73 Å². The van der Waals surface area contributed by atoms with Gasteiger partial charge in [0.2, 0.25) is 5.95 Å². The lowest BCUT2D eigenvalue weighted by Gasteiger charge is -2.04. The number of benzene rings is 1. The number of nitrogens with two attached hydrogens (primary N) is 1. The Morgan fingerprint density at radius 1 is 1.24 bits per heavy atom. The van der Waals surface area contributed by atoms with Crippen molar-refractivity contribution in [1.29, 1.82) is 0 Å². The molecule has 0 spiro atoms. The summed E-state index contributed by atoms with van der Waals surface area (Å²) < 4.78 is 1.93. The standard InChI is InChI=1S/C12H16N4S/c1-2-16-11(13)14-15-12(16)17-9-8-10-6-4-3-5-7-10/h3-7H,2,8-9H2,1H3,(H2,13,14). The summed E-state index contributed by atoms with van der Waals surface area (Å²) >= 11 is 1.70. The minimum Gasteiger partial charge on any atom is -0.368 e. The number of aryl methyl sites for hydroxylation is 1. The van der Waals surface area contributed by atoms with E-state index in [0.717, 1.165) is 23.9 Å². The van der Waals surface area contributed by atoms with Gasteiger partial charge in [0.1, 0.15) is 0 Å². The van der Waals surface area contributed by atoms with Crippen LogP contribution in [0.15, 0.2) is 35.5 Å². The predicted molar refractivity (Wildman–Crippen MR) is 71.0 cm³/mol. The van der Waals surface area contributed by atoms with Crippen molar-refractivity contribution >= 4 is 17.7 Å². The Kier molecular flexibility index (Phi) is 4.03. The largest absolute Gasteiger partial charge is 0.368 e. The van der Waals surface area contributed by atoms with Crippen LogP contribution in [-0.2, 0) is 13.0 Å². The Bertz CT molecular complexity index is 467. The molecule has 0 fully saturated rings. The minimum absolute atomic E-state index is 0.495. The molecule has 0 bridgehead atoms. The van der Waals surface area contributed by atoms with Gasteiger partial charge in [0, 0.05) is 12.3 Å².